The number of cyclic esters (lactones) is 1. The molecular weight excluding hydrogens is 174 g/mol. The molecule has 1 aliphatic rings. The Morgan fingerprint density at radius 2 is 2.54 bits per heavy atom. The first-order valence-corrected chi connectivity index (χ1v) is 4.32. The van der Waals surface area contributed by atoms with Gasteiger partial charge in [-0.2, -0.15) is 0 Å². The van der Waals surface area contributed by atoms with Crippen molar-refractivity contribution in [3.8, 4) is 0 Å². The van der Waals surface area contributed by atoms with Crippen molar-refractivity contribution < 1.29 is 19.1 Å². The summed E-state index contributed by atoms with van der Waals surface area (Å²) in [5, 5.41) is 2.48. The molecule has 0 saturated carbocycles. The SMILES string of the molecule is CCNC(=O)OCC1CCC(=O)O1. The van der Waals surface area contributed by atoms with E-state index in [1.165, 1.54) is 0 Å². The van der Waals surface area contributed by atoms with Gasteiger partial charge in [0.15, 0.2) is 0 Å². The lowest BCUT2D eigenvalue weighted by Gasteiger charge is -2.09. The Hall–Kier alpha value is -1.26. The molecule has 0 aliphatic carbocycles. The summed E-state index contributed by atoms with van der Waals surface area (Å²) in [6, 6.07) is 0. The molecule has 1 amide bonds. The topological polar surface area (TPSA) is 64.6 Å². The molecule has 5 nitrogen and oxygen atoms in total. The molecule has 13 heavy (non-hydrogen) atoms. The fraction of sp³-hybridized carbons (Fsp3) is 0.750. The van der Waals surface area contributed by atoms with Crippen molar-refractivity contribution >= 4 is 12.1 Å². The second-order valence-electron chi connectivity index (χ2n) is 2.78. The van der Waals surface area contributed by atoms with Crippen LogP contribution in [-0.2, 0) is 14.3 Å². The number of carbonyl (C=O) groups excluding carboxylic acids is 2. The zero-order valence-corrected chi connectivity index (χ0v) is 7.54. The predicted octanol–water partition coefficient (Wildman–Crippen LogP) is 0.438. The maximum atomic E-state index is 10.8. The first kappa shape index (κ1) is 9.83. The zero-order chi connectivity index (χ0) is 9.68. The van der Waals surface area contributed by atoms with Crippen molar-refractivity contribution in [1.29, 1.82) is 0 Å². The maximum absolute atomic E-state index is 10.8. The van der Waals surface area contributed by atoms with Gasteiger partial charge in [0.1, 0.15) is 12.7 Å². The van der Waals surface area contributed by atoms with E-state index in [4.69, 9.17) is 9.47 Å². The van der Waals surface area contributed by atoms with Crippen LogP contribution in [0.3, 0.4) is 0 Å². The highest BCUT2D eigenvalue weighted by molar-refractivity contribution is 5.71. The summed E-state index contributed by atoms with van der Waals surface area (Å²) in [7, 11) is 0. The average Bonchev–Trinajstić information content (AvgIpc) is 2.49. The summed E-state index contributed by atoms with van der Waals surface area (Å²) in [4.78, 5) is 21.5. The normalized spacial score (nSPS) is 21.0. The lowest BCUT2D eigenvalue weighted by atomic mass is 10.2. The van der Waals surface area contributed by atoms with Crippen molar-refractivity contribution in [3.05, 3.63) is 0 Å². The number of hydrogen-bond acceptors (Lipinski definition) is 4. The fourth-order valence-electron chi connectivity index (χ4n) is 1.06. The quantitative estimate of drug-likeness (QED) is 0.651. The van der Waals surface area contributed by atoms with Crippen molar-refractivity contribution in [2.75, 3.05) is 13.2 Å². The molecule has 0 bridgehead atoms. The monoisotopic (exact) mass is 187 g/mol. The van der Waals surface area contributed by atoms with Crippen LogP contribution in [0.4, 0.5) is 4.79 Å². The van der Waals surface area contributed by atoms with E-state index in [0.717, 1.165) is 0 Å². The van der Waals surface area contributed by atoms with Gasteiger partial charge in [0.25, 0.3) is 0 Å². The summed E-state index contributed by atoms with van der Waals surface area (Å²) >= 11 is 0. The number of carbonyl (C=O) groups is 2. The van der Waals surface area contributed by atoms with E-state index < -0.39 is 6.09 Å². The van der Waals surface area contributed by atoms with E-state index in [0.29, 0.717) is 19.4 Å². The van der Waals surface area contributed by atoms with E-state index >= 15 is 0 Å². The lowest BCUT2D eigenvalue weighted by Crippen LogP contribution is -2.27. The van der Waals surface area contributed by atoms with Gasteiger partial charge in [0.05, 0.1) is 0 Å². The zero-order valence-electron chi connectivity index (χ0n) is 7.54. The van der Waals surface area contributed by atoms with Crippen molar-refractivity contribution in [2.24, 2.45) is 0 Å². The third kappa shape index (κ3) is 3.31. The lowest BCUT2D eigenvalue weighted by molar-refractivity contribution is -0.142. The Bertz CT molecular complexity index is 204. The smallest absolute Gasteiger partial charge is 0.407 e. The molecule has 1 aliphatic heterocycles. The number of alkyl carbamates (subject to hydrolysis) is 1. The highest BCUT2D eigenvalue weighted by Crippen LogP contribution is 2.13. The van der Waals surface area contributed by atoms with Gasteiger partial charge in [-0.15, -0.1) is 0 Å². The van der Waals surface area contributed by atoms with E-state index in [9.17, 15) is 9.59 Å². The number of hydrogen-bond donors (Lipinski definition) is 1. The maximum Gasteiger partial charge on any atom is 0.407 e. The molecule has 1 fully saturated rings. The molecule has 0 radical (unpaired) electrons. The molecule has 0 aromatic heterocycles. The molecule has 1 heterocycles. The molecule has 1 N–H and O–H groups in total. The van der Waals surface area contributed by atoms with E-state index in [2.05, 4.69) is 5.32 Å². The van der Waals surface area contributed by atoms with E-state index in [1.807, 2.05) is 0 Å². The highest BCUT2D eigenvalue weighted by atomic mass is 16.6. The average molecular weight is 187 g/mol. The molecule has 1 unspecified atom stereocenters. The van der Waals surface area contributed by atoms with Crippen LogP contribution < -0.4 is 5.32 Å². The minimum atomic E-state index is -0.467. The first-order valence-electron chi connectivity index (χ1n) is 4.32. The predicted molar refractivity (Wildman–Crippen MR) is 44.1 cm³/mol. The largest absolute Gasteiger partial charge is 0.459 e. The molecule has 0 spiro atoms. The minimum absolute atomic E-state index is 0.150. The molecule has 1 rings (SSSR count). The van der Waals surface area contributed by atoms with Crippen molar-refractivity contribution in [2.45, 2.75) is 25.9 Å². The Balaban J connectivity index is 2.12. The second kappa shape index (κ2) is 4.69. The summed E-state index contributed by atoms with van der Waals surface area (Å²) < 4.78 is 9.63. The highest BCUT2D eigenvalue weighted by Gasteiger charge is 2.24. The van der Waals surface area contributed by atoms with Crippen molar-refractivity contribution in [3.63, 3.8) is 0 Å². The Labute approximate surface area is 76.4 Å². The van der Waals surface area contributed by atoms with Crippen LogP contribution in [-0.4, -0.2) is 31.3 Å². The number of esters is 1. The summed E-state index contributed by atoms with van der Waals surface area (Å²) in [6.07, 6.45) is 0.335. The van der Waals surface area contributed by atoms with Gasteiger partial charge in [-0.3, -0.25) is 4.79 Å². The number of amides is 1. The van der Waals surface area contributed by atoms with Gasteiger partial charge in [-0.05, 0) is 13.3 Å². The Kier molecular flexibility index (Phi) is 3.54. The third-order valence-corrected chi connectivity index (χ3v) is 1.69. The van der Waals surface area contributed by atoms with Crippen LogP contribution in [0.5, 0.6) is 0 Å². The van der Waals surface area contributed by atoms with Gasteiger partial charge >= 0.3 is 12.1 Å². The summed E-state index contributed by atoms with van der Waals surface area (Å²) in [6.45, 7) is 2.48. The van der Waals surface area contributed by atoms with Crippen LogP contribution in [0.2, 0.25) is 0 Å². The standard InChI is InChI=1S/C8H13NO4/c1-2-9-8(11)12-5-6-3-4-7(10)13-6/h6H,2-5H2,1H3,(H,9,11). The van der Waals surface area contributed by atoms with E-state index in [1.54, 1.807) is 6.92 Å². The fourth-order valence-corrected chi connectivity index (χ4v) is 1.06. The van der Waals surface area contributed by atoms with E-state index in [-0.39, 0.29) is 18.7 Å². The summed E-state index contributed by atoms with van der Waals surface area (Å²) in [5.41, 5.74) is 0. The molecule has 1 atom stereocenters. The van der Waals surface area contributed by atoms with Gasteiger partial charge in [0, 0.05) is 13.0 Å². The molecular formula is C8H13NO4. The number of nitrogens with one attached hydrogen (secondary N) is 1. The van der Waals surface area contributed by atoms with Crippen LogP contribution in [0, 0.1) is 0 Å². The molecule has 0 aromatic carbocycles. The second-order valence-corrected chi connectivity index (χ2v) is 2.78. The molecule has 74 valence electrons. The third-order valence-electron chi connectivity index (χ3n) is 1.69. The first-order chi connectivity index (χ1) is 6.22. The van der Waals surface area contributed by atoms with Gasteiger partial charge in [-0.1, -0.05) is 0 Å². The molecule has 5 heteroatoms. The minimum Gasteiger partial charge on any atom is -0.459 e. The van der Waals surface area contributed by atoms with Crippen LogP contribution in [0.1, 0.15) is 19.8 Å². The Morgan fingerprint density at radius 1 is 1.77 bits per heavy atom. The van der Waals surface area contributed by atoms with Gasteiger partial charge < -0.3 is 14.8 Å². The van der Waals surface area contributed by atoms with Crippen LogP contribution >= 0.6 is 0 Å². The van der Waals surface area contributed by atoms with Crippen LogP contribution in [0.15, 0.2) is 0 Å². The van der Waals surface area contributed by atoms with Gasteiger partial charge in [-0.25, -0.2) is 4.79 Å². The molecule has 0 aromatic rings. The number of rotatable bonds is 3. The Morgan fingerprint density at radius 3 is 3.08 bits per heavy atom. The van der Waals surface area contributed by atoms with Gasteiger partial charge in [0.2, 0.25) is 0 Å². The molecule has 1 saturated heterocycles. The van der Waals surface area contributed by atoms with Crippen molar-refractivity contribution in [1.82, 2.24) is 5.32 Å². The summed E-state index contributed by atoms with van der Waals surface area (Å²) in [5.74, 6) is -0.218. The van der Waals surface area contributed by atoms with Crippen LogP contribution in [0.25, 0.3) is 0 Å². The number of ether oxygens (including phenoxy) is 2.